The van der Waals surface area contributed by atoms with Crippen LogP contribution in [0.25, 0.3) is 11.3 Å². The lowest BCUT2D eigenvalue weighted by Gasteiger charge is -2.30. The molecule has 4 rings (SSSR count). The Labute approximate surface area is 206 Å². The first-order valence-corrected chi connectivity index (χ1v) is 12.7. The van der Waals surface area contributed by atoms with Crippen LogP contribution in [0.2, 0.25) is 0 Å². The lowest BCUT2D eigenvalue weighted by Crippen LogP contribution is -2.40. The number of morpholine rings is 1. The molecule has 2 atom stereocenters. The third kappa shape index (κ3) is 7.24. The number of aliphatic hydroxyl groups is 1. The normalized spacial score (nSPS) is 19.7. The van der Waals surface area contributed by atoms with Crippen LogP contribution >= 0.6 is 0 Å². The van der Waals surface area contributed by atoms with Crippen LogP contribution < -0.4 is 4.90 Å². The van der Waals surface area contributed by atoms with E-state index in [2.05, 4.69) is 28.8 Å². The van der Waals surface area contributed by atoms with Gasteiger partial charge in [-0.25, -0.2) is 4.39 Å². The molecule has 0 amide bonds. The average molecular weight is 492 g/mol. The Morgan fingerprint density at radius 2 is 2.00 bits per heavy atom. The highest BCUT2D eigenvalue weighted by molar-refractivity contribution is 5.68. The first kappa shape index (κ1) is 26.0. The third-order valence-electron chi connectivity index (χ3n) is 6.29. The minimum absolute atomic E-state index is 0.0994. The number of ether oxygens (including phenoxy) is 3. The summed E-state index contributed by atoms with van der Waals surface area (Å²) < 4.78 is 37.7. The number of hydrogen-bond donors (Lipinski definition) is 1. The Bertz CT molecular complexity index is 912. The van der Waals surface area contributed by atoms with Crippen LogP contribution in [0, 0.1) is 11.7 Å². The lowest BCUT2D eigenvalue weighted by molar-refractivity contribution is -0.00390. The summed E-state index contributed by atoms with van der Waals surface area (Å²) in [6.45, 7) is 9.85. The molecule has 194 valence electrons. The van der Waals surface area contributed by atoms with Crippen molar-refractivity contribution in [1.82, 2.24) is 10.1 Å². The highest BCUT2D eigenvalue weighted by atomic mass is 19.1. The minimum atomic E-state index is -0.654. The van der Waals surface area contributed by atoms with Crippen LogP contribution in [0.15, 0.2) is 28.8 Å². The number of anilines is 1. The van der Waals surface area contributed by atoms with Crippen LogP contribution in [-0.4, -0.2) is 86.6 Å². The van der Waals surface area contributed by atoms with Gasteiger partial charge >= 0.3 is 0 Å². The second-order valence-corrected chi connectivity index (χ2v) is 9.81. The van der Waals surface area contributed by atoms with Gasteiger partial charge in [0.2, 0.25) is 5.88 Å². The van der Waals surface area contributed by atoms with Crippen molar-refractivity contribution in [2.75, 3.05) is 64.1 Å². The maximum absolute atomic E-state index is 14.8. The maximum atomic E-state index is 14.8. The molecule has 2 saturated heterocycles. The summed E-state index contributed by atoms with van der Waals surface area (Å²) in [6.07, 6.45) is 1.46. The molecule has 1 aromatic heterocycles. The molecule has 2 aromatic rings. The first-order valence-electron chi connectivity index (χ1n) is 12.7. The summed E-state index contributed by atoms with van der Waals surface area (Å²) >= 11 is 0. The highest BCUT2D eigenvalue weighted by Crippen LogP contribution is 2.34. The van der Waals surface area contributed by atoms with E-state index < -0.39 is 6.10 Å². The molecule has 3 heterocycles. The van der Waals surface area contributed by atoms with E-state index in [0.717, 1.165) is 25.0 Å². The zero-order valence-corrected chi connectivity index (χ0v) is 20.8. The molecule has 0 aliphatic carbocycles. The van der Waals surface area contributed by atoms with Gasteiger partial charge in [0.05, 0.1) is 37.6 Å². The molecule has 2 aliphatic rings. The van der Waals surface area contributed by atoms with Crippen molar-refractivity contribution in [3.63, 3.8) is 0 Å². The topological polar surface area (TPSA) is 80.4 Å². The number of rotatable bonds is 12. The van der Waals surface area contributed by atoms with Gasteiger partial charge in [0.15, 0.2) is 0 Å². The lowest BCUT2D eigenvalue weighted by atomic mass is 10.1. The summed E-state index contributed by atoms with van der Waals surface area (Å²) in [7, 11) is 0. The Kier molecular flexibility index (Phi) is 9.51. The van der Waals surface area contributed by atoms with Gasteiger partial charge in [-0.05, 0) is 30.9 Å². The van der Waals surface area contributed by atoms with Crippen LogP contribution in [-0.2, 0) is 20.8 Å². The molecular formula is C26H38FN3O5. The Morgan fingerprint density at radius 3 is 2.71 bits per heavy atom. The standard InChI is InChI=1S/C26H38FN3O5/c1-19(2)17-33-18-20(31)14-29(15-21-6-5-11-34-21)16-23-25(22-7-3-4-8-24(22)27)28-35-26(23)30-9-12-32-13-10-30/h3-4,7-8,19-21,31H,5-6,9-18H2,1-2H3/t20-,21+/m0/s1. The first-order chi connectivity index (χ1) is 17.0. The summed E-state index contributed by atoms with van der Waals surface area (Å²) in [4.78, 5) is 4.25. The second-order valence-electron chi connectivity index (χ2n) is 9.81. The second kappa shape index (κ2) is 12.8. The van der Waals surface area contributed by atoms with Gasteiger partial charge in [-0.3, -0.25) is 4.90 Å². The maximum Gasteiger partial charge on any atom is 0.232 e. The summed E-state index contributed by atoms with van der Waals surface area (Å²) in [5.41, 5.74) is 1.71. The predicted molar refractivity (Wildman–Crippen MR) is 131 cm³/mol. The molecule has 0 radical (unpaired) electrons. The number of nitrogens with zero attached hydrogens (tertiary/aromatic N) is 3. The van der Waals surface area contributed by atoms with Crippen molar-refractivity contribution in [1.29, 1.82) is 0 Å². The van der Waals surface area contributed by atoms with E-state index in [9.17, 15) is 9.50 Å². The molecular weight excluding hydrogens is 453 g/mol. The molecule has 2 aliphatic heterocycles. The molecule has 35 heavy (non-hydrogen) atoms. The average Bonchev–Trinajstić information content (AvgIpc) is 3.50. The van der Waals surface area contributed by atoms with E-state index in [1.54, 1.807) is 18.2 Å². The Balaban J connectivity index is 1.59. The van der Waals surface area contributed by atoms with E-state index in [-0.39, 0.29) is 18.5 Å². The van der Waals surface area contributed by atoms with E-state index in [1.807, 2.05) is 0 Å². The van der Waals surface area contributed by atoms with Crippen LogP contribution in [0.1, 0.15) is 32.3 Å². The van der Waals surface area contributed by atoms with Crippen molar-refractivity contribution in [2.45, 2.75) is 45.4 Å². The SMILES string of the molecule is CC(C)COC[C@@H](O)CN(Cc1c(-c2ccccc2F)noc1N1CCOCC1)C[C@H]1CCCO1. The van der Waals surface area contributed by atoms with E-state index in [4.69, 9.17) is 18.7 Å². The fraction of sp³-hybridized carbons (Fsp3) is 0.654. The molecule has 1 N–H and O–H groups in total. The molecule has 8 nitrogen and oxygen atoms in total. The Hall–Kier alpha value is -2.04. The van der Waals surface area contributed by atoms with Gasteiger partial charge in [-0.1, -0.05) is 31.1 Å². The van der Waals surface area contributed by atoms with Gasteiger partial charge in [-0.2, -0.15) is 0 Å². The summed E-state index contributed by atoms with van der Waals surface area (Å²) in [5, 5.41) is 15.1. The number of halogens is 1. The number of aliphatic hydroxyl groups excluding tert-OH is 1. The van der Waals surface area contributed by atoms with Crippen LogP contribution in [0.5, 0.6) is 0 Å². The Morgan fingerprint density at radius 1 is 1.20 bits per heavy atom. The number of aromatic nitrogens is 1. The zero-order chi connectivity index (χ0) is 24.6. The summed E-state index contributed by atoms with van der Waals surface area (Å²) in [6, 6.07) is 6.62. The van der Waals surface area contributed by atoms with Crippen molar-refractivity contribution in [2.24, 2.45) is 5.92 Å². The molecule has 0 unspecified atom stereocenters. The third-order valence-corrected chi connectivity index (χ3v) is 6.29. The van der Waals surface area contributed by atoms with Gasteiger partial charge in [0.25, 0.3) is 0 Å². The minimum Gasteiger partial charge on any atom is -0.389 e. The smallest absolute Gasteiger partial charge is 0.232 e. The highest BCUT2D eigenvalue weighted by Gasteiger charge is 2.29. The summed E-state index contributed by atoms with van der Waals surface area (Å²) in [5.74, 6) is 0.694. The molecule has 2 fully saturated rings. The fourth-order valence-electron chi connectivity index (χ4n) is 4.62. The molecule has 9 heteroatoms. The largest absolute Gasteiger partial charge is 0.389 e. The fourth-order valence-corrected chi connectivity index (χ4v) is 4.62. The molecule has 0 spiro atoms. The van der Waals surface area contributed by atoms with Crippen molar-refractivity contribution in [3.05, 3.63) is 35.6 Å². The van der Waals surface area contributed by atoms with E-state index in [0.29, 0.717) is 75.6 Å². The van der Waals surface area contributed by atoms with Gasteiger partial charge in [0, 0.05) is 51.5 Å². The van der Waals surface area contributed by atoms with Crippen molar-refractivity contribution >= 4 is 5.88 Å². The predicted octanol–water partition coefficient (Wildman–Crippen LogP) is 3.33. The monoisotopic (exact) mass is 491 g/mol. The van der Waals surface area contributed by atoms with Crippen molar-refractivity contribution in [3.8, 4) is 11.3 Å². The van der Waals surface area contributed by atoms with Crippen molar-refractivity contribution < 1.29 is 28.2 Å². The molecule has 0 saturated carbocycles. The van der Waals surface area contributed by atoms with Crippen LogP contribution in [0.3, 0.4) is 0 Å². The number of benzene rings is 1. The number of hydrogen-bond acceptors (Lipinski definition) is 8. The van der Waals surface area contributed by atoms with Gasteiger partial charge < -0.3 is 28.7 Å². The van der Waals surface area contributed by atoms with Gasteiger partial charge in [0.1, 0.15) is 11.5 Å². The van der Waals surface area contributed by atoms with Crippen LogP contribution in [0.4, 0.5) is 10.3 Å². The van der Waals surface area contributed by atoms with Gasteiger partial charge in [-0.15, -0.1) is 0 Å². The quantitative estimate of drug-likeness (QED) is 0.484. The molecule has 1 aromatic carbocycles. The van der Waals surface area contributed by atoms with E-state index in [1.165, 1.54) is 6.07 Å². The zero-order valence-electron chi connectivity index (χ0n) is 20.8. The molecule has 0 bridgehead atoms. The van der Waals surface area contributed by atoms with E-state index >= 15 is 0 Å².